The fraction of sp³-hybridized carbons (Fsp3) is 0.417. The van der Waals surface area contributed by atoms with Gasteiger partial charge >= 0.3 is 0 Å². The number of anilines is 1. The normalized spacial score (nSPS) is 24.9. The van der Waals surface area contributed by atoms with Crippen LogP contribution in [0, 0.1) is 5.41 Å². The molecule has 3 atom stereocenters. The third-order valence-electron chi connectivity index (χ3n) is 3.69. The molecule has 3 rings (SSSR count). The Bertz CT molecular complexity index is 797. The number of nitrogen functional groups attached to an aromatic ring is 2. The SMILES string of the molecule is N=C(N)c1cn([C@H]2C[C@H](O)[C@@H](CO)O2)c2nc(N)[nH]c(=O)c12. The summed E-state index contributed by atoms with van der Waals surface area (Å²) in [5.74, 6) is -0.373. The summed E-state index contributed by atoms with van der Waals surface area (Å²) >= 11 is 0. The van der Waals surface area contributed by atoms with Crippen LogP contribution in [0.2, 0.25) is 0 Å². The lowest BCUT2D eigenvalue weighted by Gasteiger charge is -2.14. The first kappa shape index (κ1) is 14.5. The van der Waals surface area contributed by atoms with Crippen LogP contribution in [-0.4, -0.2) is 49.4 Å². The molecule has 0 radical (unpaired) electrons. The summed E-state index contributed by atoms with van der Waals surface area (Å²) in [6.07, 6.45) is -0.529. The average molecular weight is 308 g/mol. The predicted octanol–water partition coefficient (Wildman–Crippen LogP) is -1.77. The monoisotopic (exact) mass is 308 g/mol. The molecule has 10 heteroatoms. The molecule has 0 spiro atoms. The summed E-state index contributed by atoms with van der Waals surface area (Å²) < 4.78 is 7.04. The lowest BCUT2D eigenvalue weighted by molar-refractivity contribution is -0.0430. The van der Waals surface area contributed by atoms with E-state index < -0.39 is 24.0 Å². The molecule has 0 unspecified atom stereocenters. The third kappa shape index (κ3) is 2.13. The topological polar surface area (TPSA) is 176 Å². The zero-order chi connectivity index (χ0) is 16.0. The highest BCUT2D eigenvalue weighted by molar-refractivity contribution is 6.06. The van der Waals surface area contributed by atoms with Gasteiger partial charge in [-0.25, -0.2) is 0 Å². The van der Waals surface area contributed by atoms with E-state index in [1.807, 2.05) is 0 Å². The van der Waals surface area contributed by atoms with E-state index in [1.165, 1.54) is 10.8 Å². The summed E-state index contributed by atoms with van der Waals surface area (Å²) in [5, 5.41) is 26.7. The Morgan fingerprint density at radius 3 is 2.95 bits per heavy atom. The van der Waals surface area contributed by atoms with Gasteiger partial charge < -0.3 is 31.0 Å². The molecule has 0 amide bonds. The molecule has 1 aliphatic rings. The standard InChI is InChI=1S/C12H16N6O4/c13-9(14)4-2-18(7-1-5(20)6(3-19)22-7)10-8(4)11(21)17-12(15)16-10/h2,5-7,19-20H,1,3H2,(H3,13,14)(H3,15,16,17,21)/t5-,6+,7+/m0/s1. The number of rotatable bonds is 3. The molecule has 8 N–H and O–H groups in total. The van der Waals surface area contributed by atoms with E-state index in [0.717, 1.165) is 0 Å². The third-order valence-corrected chi connectivity index (χ3v) is 3.69. The Kier molecular flexibility index (Phi) is 3.35. The zero-order valence-electron chi connectivity index (χ0n) is 11.5. The molecule has 2 aromatic heterocycles. The van der Waals surface area contributed by atoms with Crippen LogP contribution in [-0.2, 0) is 4.74 Å². The minimum atomic E-state index is -0.840. The molecule has 3 heterocycles. The molecule has 1 fully saturated rings. The molecule has 0 aromatic carbocycles. The molecule has 1 saturated heterocycles. The molecular weight excluding hydrogens is 292 g/mol. The minimum absolute atomic E-state index is 0.0794. The number of nitrogens with two attached hydrogens (primary N) is 2. The molecule has 2 aromatic rings. The van der Waals surface area contributed by atoms with Crippen molar-refractivity contribution >= 4 is 22.8 Å². The maximum atomic E-state index is 12.1. The Labute approximate surface area is 123 Å². The van der Waals surface area contributed by atoms with Gasteiger partial charge in [-0.05, 0) is 0 Å². The van der Waals surface area contributed by atoms with Crippen molar-refractivity contribution in [3.8, 4) is 0 Å². The second-order valence-corrected chi connectivity index (χ2v) is 5.13. The van der Waals surface area contributed by atoms with Gasteiger partial charge in [0.2, 0.25) is 5.95 Å². The Balaban J connectivity index is 2.19. The minimum Gasteiger partial charge on any atom is -0.394 e. The van der Waals surface area contributed by atoms with E-state index >= 15 is 0 Å². The van der Waals surface area contributed by atoms with E-state index in [9.17, 15) is 9.90 Å². The number of amidine groups is 1. The van der Waals surface area contributed by atoms with Crippen LogP contribution in [0.5, 0.6) is 0 Å². The number of ether oxygens (including phenoxy) is 1. The maximum absolute atomic E-state index is 12.1. The number of H-pyrrole nitrogens is 1. The van der Waals surface area contributed by atoms with Crippen molar-refractivity contribution in [3.63, 3.8) is 0 Å². The van der Waals surface area contributed by atoms with Crippen LogP contribution in [0.25, 0.3) is 11.0 Å². The summed E-state index contributed by atoms with van der Waals surface area (Å²) in [4.78, 5) is 18.5. The quantitative estimate of drug-likeness (QED) is 0.287. The smallest absolute Gasteiger partial charge is 0.262 e. The second-order valence-electron chi connectivity index (χ2n) is 5.13. The van der Waals surface area contributed by atoms with Gasteiger partial charge in [0, 0.05) is 18.2 Å². The van der Waals surface area contributed by atoms with Crippen molar-refractivity contribution < 1.29 is 14.9 Å². The van der Waals surface area contributed by atoms with Crippen molar-refractivity contribution in [3.05, 3.63) is 22.1 Å². The first-order chi connectivity index (χ1) is 10.4. The molecule has 10 nitrogen and oxygen atoms in total. The Hall–Kier alpha value is -2.43. The van der Waals surface area contributed by atoms with Crippen LogP contribution in [0.4, 0.5) is 5.95 Å². The molecule has 0 bridgehead atoms. The highest BCUT2D eigenvalue weighted by atomic mass is 16.5. The van der Waals surface area contributed by atoms with Gasteiger partial charge in [-0.2, -0.15) is 4.98 Å². The number of aromatic amines is 1. The summed E-state index contributed by atoms with van der Waals surface area (Å²) in [7, 11) is 0. The maximum Gasteiger partial charge on any atom is 0.262 e. The van der Waals surface area contributed by atoms with Crippen molar-refractivity contribution in [2.24, 2.45) is 5.73 Å². The van der Waals surface area contributed by atoms with Crippen molar-refractivity contribution in [2.45, 2.75) is 24.9 Å². The van der Waals surface area contributed by atoms with E-state index in [2.05, 4.69) is 9.97 Å². The molecular formula is C12H16N6O4. The number of aliphatic hydroxyl groups is 2. The lowest BCUT2D eigenvalue weighted by Crippen LogP contribution is -2.24. The fourth-order valence-electron chi connectivity index (χ4n) is 2.65. The van der Waals surface area contributed by atoms with Crippen LogP contribution >= 0.6 is 0 Å². The summed E-state index contributed by atoms with van der Waals surface area (Å²) in [6.45, 7) is -0.327. The average Bonchev–Trinajstić information content (AvgIpc) is 2.99. The number of fused-ring (bicyclic) bond motifs is 1. The number of aromatic nitrogens is 3. The molecule has 0 saturated carbocycles. The van der Waals surface area contributed by atoms with Gasteiger partial charge in [-0.15, -0.1) is 0 Å². The van der Waals surface area contributed by atoms with Crippen LogP contribution in [0.15, 0.2) is 11.0 Å². The molecule has 1 aliphatic heterocycles. The van der Waals surface area contributed by atoms with Crippen molar-refractivity contribution in [2.75, 3.05) is 12.3 Å². The number of nitrogens with zero attached hydrogens (tertiary/aromatic N) is 2. The van der Waals surface area contributed by atoms with E-state index in [0.29, 0.717) is 0 Å². The fourth-order valence-corrected chi connectivity index (χ4v) is 2.65. The zero-order valence-corrected chi connectivity index (χ0v) is 11.5. The first-order valence-corrected chi connectivity index (χ1v) is 6.61. The van der Waals surface area contributed by atoms with Gasteiger partial charge in [0.25, 0.3) is 5.56 Å². The highest BCUT2D eigenvalue weighted by Crippen LogP contribution is 2.32. The van der Waals surface area contributed by atoms with E-state index in [1.54, 1.807) is 0 Å². The molecule has 118 valence electrons. The Morgan fingerprint density at radius 1 is 1.64 bits per heavy atom. The second kappa shape index (κ2) is 5.09. The van der Waals surface area contributed by atoms with Gasteiger partial charge in [0.1, 0.15) is 18.2 Å². The van der Waals surface area contributed by atoms with Gasteiger partial charge in [0.05, 0.1) is 18.1 Å². The first-order valence-electron chi connectivity index (χ1n) is 6.61. The highest BCUT2D eigenvalue weighted by Gasteiger charge is 2.35. The van der Waals surface area contributed by atoms with Gasteiger partial charge in [-0.3, -0.25) is 15.2 Å². The lowest BCUT2D eigenvalue weighted by atomic mass is 10.2. The molecule has 0 aliphatic carbocycles. The van der Waals surface area contributed by atoms with Crippen LogP contribution < -0.4 is 17.0 Å². The van der Waals surface area contributed by atoms with E-state index in [4.69, 9.17) is 26.7 Å². The largest absolute Gasteiger partial charge is 0.394 e. The Morgan fingerprint density at radius 2 is 2.36 bits per heavy atom. The number of aliphatic hydroxyl groups excluding tert-OH is 2. The van der Waals surface area contributed by atoms with Gasteiger partial charge in [-0.1, -0.05) is 0 Å². The van der Waals surface area contributed by atoms with E-state index in [-0.39, 0.29) is 41.4 Å². The van der Waals surface area contributed by atoms with Crippen LogP contribution in [0.3, 0.4) is 0 Å². The number of hydrogen-bond donors (Lipinski definition) is 6. The van der Waals surface area contributed by atoms with Gasteiger partial charge in [0.15, 0.2) is 5.65 Å². The summed E-state index contributed by atoms with van der Waals surface area (Å²) in [6, 6.07) is 0. The van der Waals surface area contributed by atoms with Crippen molar-refractivity contribution in [1.82, 2.24) is 14.5 Å². The summed E-state index contributed by atoms with van der Waals surface area (Å²) in [5.41, 5.74) is 11.0. The number of nitrogens with one attached hydrogen (secondary N) is 2. The van der Waals surface area contributed by atoms with Crippen LogP contribution in [0.1, 0.15) is 18.2 Å². The molecule has 22 heavy (non-hydrogen) atoms. The van der Waals surface area contributed by atoms with Crippen molar-refractivity contribution in [1.29, 1.82) is 5.41 Å². The number of hydrogen-bond acceptors (Lipinski definition) is 7. The predicted molar refractivity (Wildman–Crippen MR) is 77.4 cm³/mol.